The van der Waals surface area contributed by atoms with Crippen LogP contribution in [0.5, 0.6) is 5.75 Å². The minimum absolute atomic E-state index is 0.193. The maximum Gasteiger partial charge on any atom is 0.358 e. The lowest BCUT2D eigenvalue weighted by molar-refractivity contribution is 0.00638. The van der Waals surface area contributed by atoms with E-state index in [0.29, 0.717) is 35.2 Å². The third kappa shape index (κ3) is 7.32. The molecule has 2 aromatic heterocycles. The van der Waals surface area contributed by atoms with E-state index in [1.807, 2.05) is 88.4 Å². The molecular weight excluding hydrogens is 633 g/mol. The molecule has 0 radical (unpaired) electrons. The summed E-state index contributed by atoms with van der Waals surface area (Å²) in [4.78, 5) is 39.0. The van der Waals surface area contributed by atoms with Crippen molar-refractivity contribution in [2.45, 2.75) is 84.5 Å². The highest BCUT2D eigenvalue weighted by Crippen LogP contribution is 2.35. The van der Waals surface area contributed by atoms with Crippen LogP contribution in [0, 0.1) is 6.92 Å². The van der Waals surface area contributed by atoms with Crippen molar-refractivity contribution in [3.05, 3.63) is 101 Å². The molecule has 2 aliphatic rings. The van der Waals surface area contributed by atoms with Crippen molar-refractivity contribution >= 4 is 44.4 Å². The summed E-state index contributed by atoms with van der Waals surface area (Å²) >= 11 is 1.46. The summed E-state index contributed by atoms with van der Waals surface area (Å²) < 4.78 is 13.2. The minimum Gasteiger partial charge on any atom is -0.490 e. The van der Waals surface area contributed by atoms with Crippen molar-refractivity contribution in [3.63, 3.8) is 0 Å². The van der Waals surface area contributed by atoms with Gasteiger partial charge in [-0.1, -0.05) is 48.1 Å². The zero-order valence-electron chi connectivity index (χ0n) is 28.5. The summed E-state index contributed by atoms with van der Waals surface area (Å²) in [6.45, 7) is 8.80. The zero-order chi connectivity index (χ0) is 34.1. The van der Waals surface area contributed by atoms with Crippen LogP contribution in [0.25, 0.3) is 21.3 Å². The van der Waals surface area contributed by atoms with E-state index in [2.05, 4.69) is 27.3 Å². The van der Waals surface area contributed by atoms with Gasteiger partial charge in [-0.15, -0.1) is 0 Å². The number of ether oxygens (including phenoxy) is 2. The van der Waals surface area contributed by atoms with Gasteiger partial charge in [-0.05, 0) is 125 Å². The first-order valence-electron chi connectivity index (χ1n) is 17.2. The molecule has 252 valence electrons. The standard InChI is InChI=1S/C40H42N4O4S/c1-25-23-28(47-27-12-6-5-7-13-27)17-18-29(25)30-19-20-35(42-36(30)38(46)48-40(2,3)4)44-22-21-26-11-10-14-31(32(26)24-44)37(45)43-39-41-33-15-8-9-16-34(33)49-39/h8-11,14-20,23,27H,5-7,12-13,21-22,24H2,1-4H3,(H,41,43,45). The lowest BCUT2D eigenvalue weighted by Gasteiger charge is -2.31. The monoisotopic (exact) mass is 674 g/mol. The average Bonchev–Trinajstić information content (AvgIpc) is 3.50. The fraction of sp³-hybridized carbons (Fsp3) is 0.350. The molecule has 7 rings (SSSR count). The van der Waals surface area contributed by atoms with Crippen LogP contribution >= 0.6 is 11.3 Å². The molecule has 0 saturated heterocycles. The van der Waals surface area contributed by atoms with Crippen LogP contribution in [0.3, 0.4) is 0 Å². The highest BCUT2D eigenvalue weighted by Gasteiger charge is 2.28. The molecule has 1 N–H and O–H groups in total. The first-order valence-corrected chi connectivity index (χ1v) is 18.0. The van der Waals surface area contributed by atoms with E-state index in [1.165, 1.54) is 30.6 Å². The molecule has 1 saturated carbocycles. The molecular formula is C40H42N4O4S. The third-order valence-electron chi connectivity index (χ3n) is 9.17. The number of hydrogen-bond acceptors (Lipinski definition) is 8. The van der Waals surface area contributed by atoms with Gasteiger partial charge in [-0.25, -0.2) is 14.8 Å². The van der Waals surface area contributed by atoms with E-state index in [0.717, 1.165) is 57.5 Å². The summed E-state index contributed by atoms with van der Waals surface area (Å²) in [7, 11) is 0. The predicted octanol–water partition coefficient (Wildman–Crippen LogP) is 9.15. The van der Waals surface area contributed by atoms with Crippen LogP contribution in [0.1, 0.15) is 90.4 Å². The number of rotatable bonds is 7. The highest BCUT2D eigenvalue weighted by molar-refractivity contribution is 7.22. The molecule has 9 heteroatoms. The minimum atomic E-state index is -0.686. The van der Waals surface area contributed by atoms with Gasteiger partial charge in [0.2, 0.25) is 0 Å². The Labute approximate surface area is 291 Å². The van der Waals surface area contributed by atoms with Gasteiger partial charge in [-0.3, -0.25) is 10.1 Å². The number of aromatic nitrogens is 2. The van der Waals surface area contributed by atoms with Gasteiger partial charge < -0.3 is 14.4 Å². The highest BCUT2D eigenvalue weighted by atomic mass is 32.1. The summed E-state index contributed by atoms with van der Waals surface area (Å²) in [6, 6.07) is 23.7. The van der Waals surface area contributed by atoms with Crippen molar-refractivity contribution in [3.8, 4) is 16.9 Å². The fourth-order valence-corrected chi connectivity index (χ4v) is 7.65. The van der Waals surface area contributed by atoms with Crippen molar-refractivity contribution in [2.24, 2.45) is 0 Å². The van der Waals surface area contributed by atoms with Crippen molar-refractivity contribution < 1.29 is 19.1 Å². The average molecular weight is 675 g/mol. The lowest BCUT2D eigenvalue weighted by atomic mass is 9.94. The number of carbonyl (C=O) groups excluding carboxylic acids is 2. The Bertz CT molecular complexity index is 1990. The van der Waals surface area contributed by atoms with E-state index in [1.54, 1.807) is 0 Å². The Morgan fingerprint density at radius 3 is 2.49 bits per heavy atom. The van der Waals surface area contributed by atoms with E-state index >= 15 is 0 Å². The number of pyridine rings is 1. The molecule has 5 aromatic rings. The van der Waals surface area contributed by atoms with E-state index < -0.39 is 11.6 Å². The number of nitrogens with one attached hydrogen (secondary N) is 1. The number of thiazole rings is 1. The second kappa shape index (κ2) is 13.6. The lowest BCUT2D eigenvalue weighted by Crippen LogP contribution is -2.33. The van der Waals surface area contributed by atoms with E-state index in [9.17, 15) is 9.59 Å². The van der Waals surface area contributed by atoms with Crippen molar-refractivity contribution in [2.75, 3.05) is 16.8 Å². The number of benzene rings is 3. The zero-order valence-corrected chi connectivity index (χ0v) is 29.4. The number of anilines is 2. The summed E-state index contributed by atoms with van der Waals surface area (Å²) in [5.41, 5.74) is 5.75. The molecule has 1 amide bonds. The number of fused-ring (bicyclic) bond motifs is 2. The van der Waals surface area contributed by atoms with Crippen LogP contribution in [-0.2, 0) is 17.7 Å². The van der Waals surface area contributed by atoms with Gasteiger partial charge in [0.05, 0.1) is 16.3 Å². The second-order valence-corrected chi connectivity index (χ2v) is 15.0. The number of amides is 1. The fourth-order valence-electron chi connectivity index (χ4n) is 6.79. The predicted molar refractivity (Wildman–Crippen MR) is 196 cm³/mol. The molecule has 49 heavy (non-hydrogen) atoms. The second-order valence-electron chi connectivity index (χ2n) is 14.0. The third-order valence-corrected chi connectivity index (χ3v) is 10.1. The Balaban J connectivity index is 1.17. The first-order chi connectivity index (χ1) is 23.6. The number of esters is 1. The molecule has 0 unspecified atom stereocenters. The largest absolute Gasteiger partial charge is 0.490 e. The molecule has 1 fully saturated rings. The molecule has 0 bridgehead atoms. The smallest absolute Gasteiger partial charge is 0.358 e. The Morgan fingerprint density at radius 1 is 0.918 bits per heavy atom. The van der Waals surface area contributed by atoms with Gasteiger partial charge in [0.1, 0.15) is 17.2 Å². The van der Waals surface area contributed by atoms with Crippen molar-refractivity contribution in [1.82, 2.24) is 9.97 Å². The van der Waals surface area contributed by atoms with E-state index in [4.69, 9.17) is 14.5 Å². The van der Waals surface area contributed by atoms with Gasteiger partial charge in [0.15, 0.2) is 10.8 Å². The van der Waals surface area contributed by atoms with Crippen LogP contribution in [0.4, 0.5) is 10.9 Å². The van der Waals surface area contributed by atoms with Crippen molar-refractivity contribution in [1.29, 1.82) is 0 Å². The first kappa shape index (κ1) is 32.8. The molecule has 8 nitrogen and oxygen atoms in total. The Hall–Kier alpha value is -4.76. The van der Waals surface area contributed by atoms with Gasteiger partial charge >= 0.3 is 5.97 Å². The molecule has 0 atom stereocenters. The quantitative estimate of drug-likeness (QED) is 0.172. The van der Waals surface area contributed by atoms with Gasteiger partial charge in [-0.2, -0.15) is 0 Å². The molecule has 1 aliphatic carbocycles. The number of carbonyl (C=O) groups is 2. The number of aryl methyl sites for hydroxylation is 1. The SMILES string of the molecule is Cc1cc(OC2CCCCC2)ccc1-c1ccc(N2CCc3cccc(C(=O)Nc4nc5ccccc5s4)c3C2)nc1C(=O)OC(C)(C)C. The van der Waals surface area contributed by atoms with Crippen LogP contribution in [0.15, 0.2) is 72.8 Å². The number of nitrogens with zero attached hydrogens (tertiary/aromatic N) is 3. The number of hydrogen-bond donors (Lipinski definition) is 1. The molecule has 3 heterocycles. The molecule has 3 aromatic carbocycles. The van der Waals surface area contributed by atoms with Crippen LogP contribution < -0.4 is 15.0 Å². The Morgan fingerprint density at radius 2 is 1.71 bits per heavy atom. The van der Waals surface area contributed by atoms with Crippen LogP contribution in [0.2, 0.25) is 0 Å². The van der Waals surface area contributed by atoms with Crippen LogP contribution in [-0.4, -0.2) is 40.1 Å². The number of para-hydroxylation sites is 1. The summed E-state index contributed by atoms with van der Waals surface area (Å²) in [5.74, 6) is 0.847. The van der Waals surface area contributed by atoms with E-state index in [-0.39, 0.29) is 17.7 Å². The van der Waals surface area contributed by atoms with Gasteiger partial charge in [0, 0.05) is 24.2 Å². The summed E-state index contributed by atoms with van der Waals surface area (Å²) in [6.07, 6.45) is 6.87. The maximum absolute atomic E-state index is 13.7. The topological polar surface area (TPSA) is 93.6 Å². The Kier molecular flexibility index (Phi) is 9.11. The summed E-state index contributed by atoms with van der Waals surface area (Å²) in [5, 5.41) is 3.59. The van der Waals surface area contributed by atoms with Gasteiger partial charge in [0.25, 0.3) is 5.91 Å². The molecule has 1 aliphatic heterocycles. The maximum atomic E-state index is 13.7. The normalized spacial score (nSPS) is 15.1. The molecule has 0 spiro atoms.